The standard InChI is InChI=1S/C14H18N2O4.ClH/c1-9(17)16-10-3-5-11(6-4-10)20-12-7-13(15-8-12)14(18)19-2;/h3-6,12-13,15H,7-8H2,1-2H3,(H,16,17);1H. The van der Waals surface area contributed by atoms with Crippen molar-refractivity contribution in [1.29, 1.82) is 0 Å². The van der Waals surface area contributed by atoms with Crippen molar-refractivity contribution < 1.29 is 19.1 Å². The normalized spacial score (nSPS) is 20.3. The number of benzene rings is 1. The van der Waals surface area contributed by atoms with Gasteiger partial charge in [-0.1, -0.05) is 0 Å². The van der Waals surface area contributed by atoms with Gasteiger partial charge in [-0.05, 0) is 24.3 Å². The molecule has 0 spiro atoms. The molecule has 1 aliphatic heterocycles. The first-order valence-electron chi connectivity index (χ1n) is 6.44. The third-order valence-electron chi connectivity index (χ3n) is 3.05. The van der Waals surface area contributed by atoms with Crippen molar-refractivity contribution in [3.63, 3.8) is 0 Å². The Morgan fingerprint density at radius 3 is 2.52 bits per heavy atom. The third kappa shape index (κ3) is 4.91. The molecule has 116 valence electrons. The summed E-state index contributed by atoms with van der Waals surface area (Å²) >= 11 is 0. The Labute approximate surface area is 129 Å². The highest BCUT2D eigenvalue weighted by molar-refractivity contribution is 5.88. The first-order valence-corrected chi connectivity index (χ1v) is 6.44. The van der Waals surface area contributed by atoms with Gasteiger partial charge in [0, 0.05) is 25.6 Å². The Morgan fingerprint density at radius 1 is 1.29 bits per heavy atom. The molecule has 2 N–H and O–H groups in total. The van der Waals surface area contributed by atoms with E-state index in [0.717, 1.165) is 5.69 Å². The second-order valence-electron chi connectivity index (χ2n) is 4.67. The van der Waals surface area contributed by atoms with E-state index >= 15 is 0 Å². The average molecular weight is 315 g/mol. The lowest BCUT2D eigenvalue weighted by Crippen LogP contribution is -2.31. The van der Waals surface area contributed by atoms with E-state index in [4.69, 9.17) is 4.74 Å². The topological polar surface area (TPSA) is 76.7 Å². The molecular weight excluding hydrogens is 296 g/mol. The van der Waals surface area contributed by atoms with Gasteiger partial charge in [0.15, 0.2) is 0 Å². The third-order valence-corrected chi connectivity index (χ3v) is 3.05. The van der Waals surface area contributed by atoms with Crippen molar-refractivity contribution in [1.82, 2.24) is 5.32 Å². The summed E-state index contributed by atoms with van der Waals surface area (Å²) in [5.74, 6) is 0.327. The van der Waals surface area contributed by atoms with Crippen LogP contribution in [0.2, 0.25) is 0 Å². The molecule has 0 aromatic heterocycles. The lowest BCUT2D eigenvalue weighted by Gasteiger charge is -2.13. The molecule has 1 saturated heterocycles. The Morgan fingerprint density at radius 2 is 1.95 bits per heavy atom. The number of rotatable bonds is 4. The fourth-order valence-corrected chi connectivity index (χ4v) is 2.13. The van der Waals surface area contributed by atoms with Crippen molar-refractivity contribution in [2.45, 2.75) is 25.5 Å². The maximum atomic E-state index is 11.4. The maximum absolute atomic E-state index is 11.4. The number of nitrogens with one attached hydrogen (secondary N) is 2. The molecule has 21 heavy (non-hydrogen) atoms. The van der Waals surface area contributed by atoms with Gasteiger partial charge >= 0.3 is 5.97 Å². The zero-order valence-corrected chi connectivity index (χ0v) is 12.7. The molecule has 0 bridgehead atoms. The smallest absolute Gasteiger partial charge is 0.323 e. The van der Waals surface area contributed by atoms with Gasteiger partial charge in [0.25, 0.3) is 0 Å². The Kier molecular flexibility index (Phi) is 6.45. The fraction of sp³-hybridized carbons (Fsp3) is 0.429. The minimum Gasteiger partial charge on any atom is -0.489 e. The number of hydrogen-bond donors (Lipinski definition) is 2. The van der Waals surface area contributed by atoms with Crippen LogP contribution < -0.4 is 15.4 Å². The highest BCUT2D eigenvalue weighted by atomic mass is 35.5. The average Bonchev–Trinajstić information content (AvgIpc) is 2.88. The van der Waals surface area contributed by atoms with Gasteiger partial charge in [0.2, 0.25) is 5.91 Å². The number of carbonyl (C=O) groups is 2. The van der Waals surface area contributed by atoms with Gasteiger partial charge in [-0.3, -0.25) is 9.59 Å². The van der Waals surface area contributed by atoms with Crippen LogP contribution in [-0.4, -0.2) is 37.7 Å². The number of halogens is 1. The summed E-state index contributed by atoms with van der Waals surface area (Å²) in [5, 5.41) is 5.75. The predicted octanol–water partition coefficient (Wildman–Crippen LogP) is 1.35. The van der Waals surface area contributed by atoms with Crippen LogP contribution in [0.15, 0.2) is 24.3 Å². The molecule has 1 aromatic carbocycles. The summed E-state index contributed by atoms with van der Waals surface area (Å²) in [6.45, 7) is 2.06. The van der Waals surface area contributed by atoms with Crippen LogP contribution in [0.25, 0.3) is 0 Å². The summed E-state index contributed by atoms with van der Waals surface area (Å²) in [5.41, 5.74) is 0.724. The van der Waals surface area contributed by atoms with Crippen molar-refractivity contribution in [3.8, 4) is 5.75 Å². The lowest BCUT2D eigenvalue weighted by molar-refractivity contribution is -0.142. The number of esters is 1. The SMILES string of the molecule is COC(=O)C1CC(Oc2ccc(NC(C)=O)cc2)CN1.Cl. The summed E-state index contributed by atoms with van der Waals surface area (Å²) in [6.07, 6.45) is 0.519. The molecule has 0 radical (unpaired) electrons. The first kappa shape index (κ1) is 17.3. The zero-order valence-electron chi connectivity index (χ0n) is 11.9. The number of ether oxygens (including phenoxy) is 2. The molecule has 2 atom stereocenters. The maximum Gasteiger partial charge on any atom is 0.323 e. The second kappa shape index (κ2) is 7.85. The number of carbonyl (C=O) groups excluding carboxylic acids is 2. The highest BCUT2D eigenvalue weighted by Gasteiger charge is 2.31. The lowest BCUT2D eigenvalue weighted by atomic mass is 10.2. The molecule has 7 heteroatoms. The first-order chi connectivity index (χ1) is 9.58. The van der Waals surface area contributed by atoms with E-state index < -0.39 is 0 Å². The molecule has 1 aliphatic rings. The van der Waals surface area contributed by atoms with E-state index in [9.17, 15) is 9.59 Å². The predicted molar refractivity (Wildman–Crippen MR) is 80.8 cm³/mol. The highest BCUT2D eigenvalue weighted by Crippen LogP contribution is 2.20. The van der Waals surface area contributed by atoms with E-state index in [2.05, 4.69) is 15.4 Å². The van der Waals surface area contributed by atoms with Crippen LogP contribution in [0, 0.1) is 0 Å². The van der Waals surface area contributed by atoms with Gasteiger partial charge in [-0.15, -0.1) is 12.4 Å². The number of hydrogen-bond acceptors (Lipinski definition) is 5. The zero-order chi connectivity index (χ0) is 14.5. The second-order valence-corrected chi connectivity index (χ2v) is 4.67. The van der Waals surface area contributed by atoms with Crippen molar-refractivity contribution in [3.05, 3.63) is 24.3 Å². The Bertz CT molecular complexity index is 492. The van der Waals surface area contributed by atoms with E-state index in [0.29, 0.717) is 18.7 Å². The van der Waals surface area contributed by atoms with E-state index in [1.807, 2.05) is 0 Å². The summed E-state index contributed by atoms with van der Waals surface area (Å²) in [7, 11) is 1.37. The van der Waals surface area contributed by atoms with Gasteiger partial charge in [-0.2, -0.15) is 0 Å². The van der Waals surface area contributed by atoms with Crippen LogP contribution in [0.1, 0.15) is 13.3 Å². The van der Waals surface area contributed by atoms with Crippen molar-refractivity contribution in [2.24, 2.45) is 0 Å². The van der Waals surface area contributed by atoms with Crippen molar-refractivity contribution in [2.75, 3.05) is 19.0 Å². The molecule has 1 amide bonds. The van der Waals surface area contributed by atoms with Gasteiger partial charge in [0.1, 0.15) is 17.9 Å². The quantitative estimate of drug-likeness (QED) is 0.820. The molecule has 1 heterocycles. The summed E-state index contributed by atoms with van der Waals surface area (Å²) in [6, 6.07) is 6.82. The summed E-state index contributed by atoms with van der Waals surface area (Å²) < 4.78 is 10.5. The number of anilines is 1. The molecule has 2 rings (SSSR count). The van der Waals surface area contributed by atoms with Gasteiger partial charge in [0.05, 0.1) is 7.11 Å². The van der Waals surface area contributed by atoms with E-state index in [1.54, 1.807) is 24.3 Å². The largest absolute Gasteiger partial charge is 0.489 e. The Hall–Kier alpha value is -1.79. The monoisotopic (exact) mass is 314 g/mol. The fourth-order valence-electron chi connectivity index (χ4n) is 2.13. The number of methoxy groups -OCH3 is 1. The minimum absolute atomic E-state index is 0. The molecule has 2 unspecified atom stereocenters. The van der Waals surface area contributed by atoms with Crippen LogP contribution in [-0.2, 0) is 14.3 Å². The molecule has 0 saturated carbocycles. The Balaban J connectivity index is 0.00000220. The minimum atomic E-state index is -0.302. The van der Waals surface area contributed by atoms with E-state index in [1.165, 1.54) is 14.0 Å². The van der Waals surface area contributed by atoms with Crippen LogP contribution in [0.4, 0.5) is 5.69 Å². The van der Waals surface area contributed by atoms with E-state index in [-0.39, 0.29) is 36.4 Å². The van der Waals surface area contributed by atoms with Crippen LogP contribution in [0.5, 0.6) is 5.75 Å². The molecule has 1 aromatic rings. The molecular formula is C14H19ClN2O4. The summed E-state index contributed by atoms with van der Waals surface area (Å²) in [4.78, 5) is 22.3. The molecule has 0 aliphatic carbocycles. The molecule has 6 nitrogen and oxygen atoms in total. The number of amides is 1. The molecule has 1 fully saturated rings. The van der Waals surface area contributed by atoms with Crippen LogP contribution in [0.3, 0.4) is 0 Å². The van der Waals surface area contributed by atoms with Crippen molar-refractivity contribution >= 4 is 30.0 Å². The van der Waals surface area contributed by atoms with Crippen LogP contribution >= 0.6 is 12.4 Å². The van der Waals surface area contributed by atoms with Gasteiger partial charge in [-0.25, -0.2) is 0 Å². The van der Waals surface area contributed by atoms with Gasteiger partial charge < -0.3 is 20.1 Å².